The Kier molecular flexibility index (Phi) is 6.45. The average Bonchev–Trinajstić information content (AvgIpc) is 3.17. The fraction of sp³-hybridized carbons (Fsp3) is 0.444. The molecule has 0 radical (unpaired) electrons. The summed E-state index contributed by atoms with van der Waals surface area (Å²) in [6, 6.07) is 15.3. The number of aromatic nitrogens is 3. The van der Waals surface area contributed by atoms with E-state index in [4.69, 9.17) is 10.1 Å². The summed E-state index contributed by atoms with van der Waals surface area (Å²) in [6.45, 7) is 6.50. The van der Waals surface area contributed by atoms with Crippen LogP contribution in [0, 0.1) is 5.92 Å². The molecule has 0 bridgehead atoms. The van der Waals surface area contributed by atoms with Crippen molar-refractivity contribution >= 4 is 5.97 Å². The minimum absolute atomic E-state index is 0.131. The topological polar surface area (TPSA) is 68.0 Å². The van der Waals surface area contributed by atoms with E-state index in [0.29, 0.717) is 17.9 Å². The fourth-order valence-corrected chi connectivity index (χ4v) is 4.69. The molecule has 1 aliphatic carbocycles. The molecular weight excluding hydrogens is 398 g/mol. The molecule has 5 heteroatoms. The summed E-state index contributed by atoms with van der Waals surface area (Å²) in [5, 5.41) is 14.4. The van der Waals surface area contributed by atoms with Gasteiger partial charge in [0.25, 0.3) is 0 Å². The van der Waals surface area contributed by atoms with Gasteiger partial charge in [0.05, 0.1) is 11.1 Å². The van der Waals surface area contributed by atoms with Gasteiger partial charge in [-0.05, 0) is 49.4 Å². The second kappa shape index (κ2) is 9.27. The normalized spacial score (nSPS) is 15.1. The van der Waals surface area contributed by atoms with Crippen LogP contribution in [0.15, 0.2) is 48.5 Å². The Balaban J connectivity index is 1.56. The minimum atomic E-state index is -0.909. The quantitative estimate of drug-likeness (QED) is 0.511. The van der Waals surface area contributed by atoms with Gasteiger partial charge in [0.15, 0.2) is 5.82 Å². The van der Waals surface area contributed by atoms with E-state index in [9.17, 15) is 9.90 Å². The molecular formula is C27H33N3O2. The first-order chi connectivity index (χ1) is 15.3. The van der Waals surface area contributed by atoms with Crippen molar-refractivity contribution < 1.29 is 9.90 Å². The highest BCUT2D eigenvalue weighted by Gasteiger charge is 2.23. The van der Waals surface area contributed by atoms with E-state index in [0.717, 1.165) is 34.8 Å². The third-order valence-corrected chi connectivity index (χ3v) is 6.33. The Labute approximate surface area is 190 Å². The number of carboxylic acid groups (broad SMARTS) is 1. The Morgan fingerprint density at radius 1 is 1.03 bits per heavy atom. The van der Waals surface area contributed by atoms with Crippen molar-refractivity contribution in [3.05, 3.63) is 71.3 Å². The summed E-state index contributed by atoms with van der Waals surface area (Å²) in [7, 11) is 0. The van der Waals surface area contributed by atoms with Crippen molar-refractivity contribution in [2.45, 2.75) is 71.3 Å². The van der Waals surface area contributed by atoms with Crippen molar-refractivity contribution in [1.29, 1.82) is 0 Å². The number of carbonyl (C=O) groups is 1. The van der Waals surface area contributed by atoms with Crippen LogP contribution >= 0.6 is 0 Å². The molecule has 0 saturated heterocycles. The summed E-state index contributed by atoms with van der Waals surface area (Å²) in [4.78, 5) is 16.5. The first kappa shape index (κ1) is 22.3. The lowest BCUT2D eigenvalue weighted by Crippen LogP contribution is -2.26. The second-order valence-corrected chi connectivity index (χ2v) is 9.96. The van der Waals surface area contributed by atoms with Gasteiger partial charge in [-0.2, -0.15) is 5.10 Å². The minimum Gasteiger partial charge on any atom is -0.478 e. The standard InChI is InChI=1S/C27H33N3O2/c1-27(2,3)30-25(28-24(29-30)17-19-9-5-4-6-10-19)18-20-13-15-21(16-14-20)22-11-7-8-12-23(22)26(31)32/h7-8,11-16,19H,4-6,9-10,17-18H2,1-3H3,(H,31,32). The van der Waals surface area contributed by atoms with Gasteiger partial charge in [-0.15, -0.1) is 0 Å². The van der Waals surface area contributed by atoms with Gasteiger partial charge < -0.3 is 5.11 Å². The van der Waals surface area contributed by atoms with Crippen molar-refractivity contribution in [2.75, 3.05) is 0 Å². The maximum atomic E-state index is 11.6. The van der Waals surface area contributed by atoms with Gasteiger partial charge in [0.2, 0.25) is 0 Å². The van der Waals surface area contributed by atoms with Crippen LogP contribution < -0.4 is 0 Å². The third kappa shape index (κ3) is 5.09. The molecule has 0 unspecified atom stereocenters. The zero-order chi connectivity index (χ0) is 22.7. The maximum Gasteiger partial charge on any atom is 0.336 e. The van der Waals surface area contributed by atoms with Crippen LogP contribution in [-0.4, -0.2) is 25.8 Å². The van der Waals surface area contributed by atoms with Crippen molar-refractivity contribution in [3.63, 3.8) is 0 Å². The van der Waals surface area contributed by atoms with E-state index in [-0.39, 0.29) is 5.54 Å². The molecule has 5 nitrogen and oxygen atoms in total. The first-order valence-corrected chi connectivity index (χ1v) is 11.7. The molecule has 3 aromatic rings. The van der Waals surface area contributed by atoms with E-state index in [2.05, 4.69) is 37.6 Å². The molecule has 0 spiro atoms. The number of rotatable bonds is 6. The molecule has 1 saturated carbocycles. The van der Waals surface area contributed by atoms with E-state index in [1.54, 1.807) is 12.1 Å². The molecule has 4 rings (SSSR count). The summed E-state index contributed by atoms with van der Waals surface area (Å²) >= 11 is 0. The van der Waals surface area contributed by atoms with Gasteiger partial charge in [-0.3, -0.25) is 0 Å². The molecule has 2 aromatic carbocycles. The maximum absolute atomic E-state index is 11.6. The molecule has 0 amide bonds. The van der Waals surface area contributed by atoms with E-state index in [1.807, 2.05) is 24.3 Å². The lowest BCUT2D eigenvalue weighted by molar-refractivity contribution is 0.0697. The van der Waals surface area contributed by atoms with Crippen LogP contribution in [-0.2, 0) is 18.4 Å². The van der Waals surface area contributed by atoms with Crippen LogP contribution in [0.2, 0.25) is 0 Å². The zero-order valence-corrected chi connectivity index (χ0v) is 19.3. The monoisotopic (exact) mass is 431 g/mol. The van der Waals surface area contributed by atoms with Gasteiger partial charge in [-0.25, -0.2) is 14.5 Å². The molecule has 1 heterocycles. The summed E-state index contributed by atoms with van der Waals surface area (Å²) in [6.07, 6.45) is 8.27. The lowest BCUT2D eigenvalue weighted by Gasteiger charge is -2.21. The number of aromatic carboxylic acids is 1. The van der Waals surface area contributed by atoms with Crippen LogP contribution in [0.3, 0.4) is 0 Å². The Morgan fingerprint density at radius 3 is 2.38 bits per heavy atom. The predicted octanol–water partition coefficient (Wildman–Crippen LogP) is 6.11. The highest BCUT2D eigenvalue weighted by molar-refractivity contribution is 5.95. The average molecular weight is 432 g/mol. The third-order valence-electron chi connectivity index (χ3n) is 6.33. The van der Waals surface area contributed by atoms with E-state index < -0.39 is 5.97 Å². The van der Waals surface area contributed by atoms with Crippen LogP contribution in [0.1, 0.15) is 80.4 Å². The molecule has 1 aromatic heterocycles. The number of hydrogen-bond donors (Lipinski definition) is 1. The first-order valence-electron chi connectivity index (χ1n) is 11.7. The van der Waals surface area contributed by atoms with Crippen LogP contribution in [0.4, 0.5) is 0 Å². The molecule has 0 aliphatic heterocycles. The largest absolute Gasteiger partial charge is 0.478 e. The Bertz CT molecular complexity index is 1070. The van der Waals surface area contributed by atoms with Gasteiger partial charge >= 0.3 is 5.97 Å². The van der Waals surface area contributed by atoms with Crippen molar-refractivity contribution in [2.24, 2.45) is 5.92 Å². The smallest absolute Gasteiger partial charge is 0.336 e. The van der Waals surface area contributed by atoms with Crippen molar-refractivity contribution in [1.82, 2.24) is 14.8 Å². The summed E-state index contributed by atoms with van der Waals surface area (Å²) in [5.41, 5.74) is 2.97. The van der Waals surface area contributed by atoms with E-state index >= 15 is 0 Å². The number of carboxylic acids is 1. The molecule has 32 heavy (non-hydrogen) atoms. The van der Waals surface area contributed by atoms with Gasteiger partial charge in [0.1, 0.15) is 5.82 Å². The molecule has 1 fully saturated rings. The van der Waals surface area contributed by atoms with E-state index in [1.165, 1.54) is 32.1 Å². The molecule has 0 atom stereocenters. The molecule has 1 aliphatic rings. The summed E-state index contributed by atoms with van der Waals surface area (Å²) < 4.78 is 2.08. The predicted molar refractivity (Wildman–Crippen MR) is 127 cm³/mol. The number of nitrogens with zero attached hydrogens (tertiary/aromatic N) is 3. The highest BCUT2D eigenvalue weighted by Crippen LogP contribution is 2.28. The van der Waals surface area contributed by atoms with Gasteiger partial charge in [-0.1, -0.05) is 74.6 Å². The SMILES string of the molecule is CC(C)(C)n1nc(CC2CCCCC2)nc1Cc1ccc(-c2ccccc2C(=O)O)cc1. The second-order valence-electron chi connectivity index (χ2n) is 9.96. The van der Waals surface area contributed by atoms with Crippen molar-refractivity contribution in [3.8, 4) is 11.1 Å². The zero-order valence-electron chi connectivity index (χ0n) is 19.3. The molecule has 1 N–H and O–H groups in total. The van der Waals surface area contributed by atoms with Crippen LogP contribution in [0.25, 0.3) is 11.1 Å². The fourth-order valence-electron chi connectivity index (χ4n) is 4.69. The van der Waals surface area contributed by atoms with Crippen LogP contribution in [0.5, 0.6) is 0 Å². The molecule has 168 valence electrons. The number of benzene rings is 2. The van der Waals surface area contributed by atoms with Gasteiger partial charge in [0, 0.05) is 12.8 Å². The lowest BCUT2D eigenvalue weighted by atomic mass is 9.87. The Morgan fingerprint density at radius 2 is 1.72 bits per heavy atom. The Hall–Kier alpha value is -2.95. The number of hydrogen-bond acceptors (Lipinski definition) is 3. The summed E-state index contributed by atoms with van der Waals surface area (Å²) in [5.74, 6) is 1.75. The highest BCUT2D eigenvalue weighted by atomic mass is 16.4.